The number of aliphatic hydroxyl groups excluding tert-OH is 1. The maximum absolute atomic E-state index is 9.50. The van der Waals surface area contributed by atoms with Crippen molar-refractivity contribution < 1.29 is 9.84 Å². The minimum atomic E-state index is 0.194. The highest BCUT2D eigenvalue weighted by Crippen LogP contribution is 2.30. The van der Waals surface area contributed by atoms with E-state index in [9.17, 15) is 5.11 Å². The average Bonchev–Trinajstić information content (AvgIpc) is 2.44. The van der Waals surface area contributed by atoms with Crippen molar-refractivity contribution in [2.75, 3.05) is 30.4 Å². The molecule has 4 heteroatoms. The third-order valence-corrected chi connectivity index (χ3v) is 3.56. The van der Waals surface area contributed by atoms with Crippen LogP contribution in [0.2, 0.25) is 0 Å². The van der Waals surface area contributed by atoms with E-state index in [1.807, 2.05) is 18.2 Å². The number of aliphatic hydroxyl groups is 1. The summed E-state index contributed by atoms with van der Waals surface area (Å²) in [5.74, 6) is 0.819. The number of nitrogen functional groups attached to an aromatic ring is 1. The normalized spacial score (nSPS) is 19.5. The van der Waals surface area contributed by atoms with Gasteiger partial charge >= 0.3 is 0 Å². The Bertz CT molecular complexity index is 409. The first-order valence-electron chi connectivity index (χ1n) is 7.15. The largest absolute Gasteiger partial charge is 0.493 e. The zero-order chi connectivity index (χ0) is 13.7. The molecule has 0 saturated carbocycles. The minimum absolute atomic E-state index is 0.194. The van der Waals surface area contributed by atoms with E-state index in [1.54, 1.807) is 0 Å². The Hall–Kier alpha value is -1.42. The van der Waals surface area contributed by atoms with Gasteiger partial charge in [0.2, 0.25) is 0 Å². The molecule has 1 unspecified atom stereocenters. The van der Waals surface area contributed by atoms with Crippen molar-refractivity contribution in [3.8, 4) is 5.75 Å². The second kappa shape index (κ2) is 6.66. The maximum Gasteiger partial charge on any atom is 0.123 e. The van der Waals surface area contributed by atoms with E-state index >= 15 is 0 Å². The molecule has 1 heterocycles. The highest BCUT2D eigenvalue weighted by molar-refractivity contribution is 5.61. The van der Waals surface area contributed by atoms with E-state index < -0.39 is 0 Å². The van der Waals surface area contributed by atoms with Crippen molar-refractivity contribution in [1.82, 2.24) is 0 Å². The van der Waals surface area contributed by atoms with Crippen LogP contribution in [0.1, 0.15) is 32.6 Å². The zero-order valence-corrected chi connectivity index (χ0v) is 11.6. The number of nitrogens with two attached hydrogens (primary N) is 1. The number of benzene rings is 1. The highest BCUT2D eigenvalue weighted by Gasteiger charge is 2.22. The molecule has 1 aromatic carbocycles. The molecule has 3 N–H and O–H groups in total. The van der Waals surface area contributed by atoms with Gasteiger partial charge in [0.1, 0.15) is 5.75 Å². The summed E-state index contributed by atoms with van der Waals surface area (Å²) in [7, 11) is 0. The monoisotopic (exact) mass is 264 g/mol. The maximum atomic E-state index is 9.50. The van der Waals surface area contributed by atoms with Crippen LogP contribution in [0.4, 0.5) is 11.4 Å². The summed E-state index contributed by atoms with van der Waals surface area (Å²) in [4.78, 5) is 2.25. The molecule has 1 aromatic rings. The first-order valence-corrected chi connectivity index (χ1v) is 7.15. The van der Waals surface area contributed by atoms with Gasteiger partial charge in [0.05, 0.1) is 19.3 Å². The van der Waals surface area contributed by atoms with Gasteiger partial charge in [-0.2, -0.15) is 0 Å². The molecule has 0 radical (unpaired) electrons. The molecule has 0 aromatic heterocycles. The van der Waals surface area contributed by atoms with Gasteiger partial charge in [-0.3, -0.25) is 0 Å². The molecule has 2 rings (SSSR count). The number of hydrogen-bond acceptors (Lipinski definition) is 4. The van der Waals surface area contributed by atoms with Crippen molar-refractivity contribution in [2.45, 2.75) is 38.6 Å². The van der Waals surface area contributed by atoms with Gasteiger partial charge in [0, 0.05) is 30.1 Å². The molecule has 19 heavy (non-hydrogen) atoms. The lowest BCUT2D eigenvalue weighted by molar-refractivity contribution is 0.240. The Kier molecular flexibility index (Phi) is 4.91. The van der Waals surface area contributed by atoms with Gasteiger partial charge in [-0.25, -0.2) is 0 Å². The molecule has 106 valence electrons. The van der Waals surface area contributed by atoms with Crippen LogP contribution < -0.4 is 15.4 Å². The summed E-state index contributed by atoms with van der Waals surface area (Å²) in [5, 5.41) is 9.50. The van der Waals surface area contributed by atoms with Crippen LogP contribution in [0, 0.1) is 0 Å². The fraction of sp³-hybridized carbons (Fsp3) is 0.600. The molecular formula is C15H24N2O2. The number of ether oxygens (including phenoxy) is 1. The minimum Gasteiger partial charge on any atom is -0.493 e. The lowest BCUT2D eigenvalue weighted by Crippen LogP contribution is -2.41. The third-order valence-electron chi connectivity index (χ3n) is 3.56. The molecule has 0 amide bonds. The molecule has 1 aliphatic rings. The second-order valence-corrected chi connectivity index (χ2v) is 5.13. The van der Waals surface area contributed by atoms with Gasteiger partial charge in [-0.1, -0.05) is 6.92 Å². The summed E-state index contributed by atoms with van der Waals surface area (Å²) in [6, 6.07) is 6.05. The Balaban J connectivity index is 2.19. The van der Waals surface area contributed by atoms with Gasteiger partial charge in [-0.05, 0) is 31.7 Å². The van der Waals surface area contributed by atoms with E-state index in [0.717, 1.165) is 37.2 Å². The summed E-state index contributed by atoms with van der Waals surface area (Å²) >= 11 is 0. The van der Waals surface area contributed by atoms with E-state index in [0.29, 0.717) is 12.3 Å². The fourth-order valence-corrected chi connectivity index (χ4v) is 2.61. The van der Waals surface area contributed by atoms with E-state index in [1.165, 1.54) is 6.42 Å². The van der Waals surface area contributed by atoms with Crippen LogP contribution in [0.15, 0.2) is 18.2 Å². The quantitative estimate of drug-likeness (QED) is 0.802. The van der Waals surface area contributed by atoms with Crippen LogP contribution in [0.25, 0.3) is 0 Å². The number of piperidine rings is 1. The molecule has 1 fully saturated rings. The van der Waals surface area contributed by atoms with Gasteiger partial charge in [-0.15, -0.1) is 0 Å². The van der Waals surface area contributed by atoms with E-state index in [2.05, 4.69) is 11.8 Å². The molecule has 0 aliphatic carbocycles. The topological polar surface area (TPSA) is 58.7 Å². The lowest BCUT2D eigenvalue weighted by Gasteiger charge is -2.36. The van der Waals surface area contributed by atoms with E-state index in [-0.39, 0.29) is 12.6 Å². The molecule has 4 nitrogen and oxygen atoms in total. The van der Waals surface area contributed by atoms with Crippen molar-refractivity contribution in [1.29, 1.82) is 0 Å². The summed E-state index contributed by atoms with van der Waals surface area (Å²) in [6.07, 6.45) is 4.36. The van der Waals surface area contributed by atoms with Crippen LogP contribution >= 0.6 is 0 Å². The van der Waals surface area contributed by atoms with Gasteiger partial charge < -0.3 is 20.5 Å². The average molecular weight is 264 g/mol. The van der Waals surface area contributed by atoms with Gasteiger partial charge in [0.15, 0.2) is 0 Å². The first-order chi connectivity index (χ1) is 9.24. The number of rotatable bonds is 5. The third kappa shape index (κ3) is 3.53. The fourth-order valence-electron chi connectivity index (χ4n) is 2.61. The van der Waals surface area contributed by atoms with Crippen LogP contribution in [0.3, 0.4) is 0 Å². The molecule has 1 atom stereocenters. The molecular weight excluding hydrogens is 240 g/mol. The molecule has 1 saturated heterocycles. The predicted molar refractivity (Wildman–Crippen MR) is 78.7 cm³/mol. The summed E-state index contributed by atoms with van der Waals surface area (Å²) in [6.45, 7) is 3.95. The second-order valence-electron chi connectivity index (χ2n) is 5.13. The standard InChI is InChI=1S/C15H24N2O2/c1-2-7-19-15-9-12(16)8-14(10-15)17-6-4-3-5-13(17)11-18/h8-10,13,18H,2-7,11,16H2,1H3. The Morgan fingerprint density at radius 2 is 2.21 bits per heavy atom. The van der Waals surface area contributed by atoms with Crippen LogP contribution in [-0.2, 0) is 0 Å². The van der Waals surface area contributed by atoms with Crippen molar-refractivity contribution in [3.63, 3.8) is 0 Å². The number of nitrogens with zero attached hydrogens (tertiary/aromatic N) is 1. The van der Waals surface area contributed by atoms with Crippen molar-refractivity contribution in [2.24, 2.45) is 0 Å². The Morgan fingerprint density at radius 1 is 1.37 bits per heavy atom. The molecule has 1 aliphatic heterocycles. The van der Waals surface area contributed by atoms with Crippen molar-refractivity contribution >= 4 is 11.4 Å². The molecule has 0 bridgehead atoms. The Morgan fingerprint density at radius 3 is 2.95 bits per heavy atom. The predicted octanol–water partition coefficient (Wildman–Crippen LogP) is 2.41. The molecule has 0 spiro atoms. The zero-order valence-electron chi connectivity index (χ0n) is 11.6. The van der Waals surface area contributed by atoms with Crippen molar-refractivity contribution in [3.05, 3.63) is 18.2 Å². The first kappa shape index (κ1) is 14.0. The highest BCUT2D eigenvalue weighted by atomic mass is 16.5. The summed E-state index contributed by atoms with van der Waals surface area (Å²) in [5.41, 5.74) is 7.73. The van der Waals surface area contributed by atoms with E-state index in [4.69, 9.17) is 10.5 Å². The summed E-state index contributed by atoms with van der Waals surface area (Å²) < 4.78 is 5.67. The smallest absolute Gasteiger partial charge is 0.123 e. The number of hydrogen-bond donors (Lipinski definition) is 2. The Labute approximate surface area is 115 Å². The van der Waals surface area contributed by atoms with Crippen LogP contribution in [0.5, 0.6) is 5.75 Å². The SMILES string of the molecule is CCCOc1cc(N)cc(N2CCCCC2CO)c1. The van der Waals surface area contributed by atoms with Gasteiger partial charge in [0.25, 0.3) is 0 Å². The lowest BCUT2D eigenvalue weighted by atomic mass is 10.0. The number of anilines is 2. The van der Waals surface area contributed by atoms with Crippen LogP contribution in [-0.4, -0.2) is 30.9 Å².